The highest BCUT2D eigenvalue weighted by atomic mass is 35.5. The SMILES string of the molecule is CC1CCCC1Nc1nc(Cl)nc2c1cnn2[C@@H]1O[C@H](COC(CO)P(=O)(O)O)[C@@H](O)[C@H]1O.CCS(=O)(=O)C(OC[C@H]1O[C@@H](n2ncc3c(NC4CCCC4)nc(Cl)nc32)[C@H](O)[C@@H]1O)P(=O)(O)O.CCS(=O)(=O)CC(OC[C@H]1O[C@@H](n2ncc3c(NC4CCCC4)nc(Cl)nc32)[C@H](O)[C@@H]1O)P(=O)(O)O. The predicted octanol–water partition coefficient (Wildman–Crippen LogP) is 0.987. The van der Waals surface area contributed by atoms with Crippen LogP contribution in [0.1, 0.15) is 110 Å². The quantitative estimate of drug-likeness (QED) is 0.0252. The monoisotopic (exact) mass is 1630 g/mol. The number of nitrogens with one attached hydrogen (secondary N) is 3. The Labute approximate surface area is 608 Å². The van der Waals surface area contributed by atoms with Gasteiger partial charge in [0.1, 0.15) is 72.4 Å². The molecule has 0 bridgehead atoms. The van der Waals surface area contributed by atoms with E-state index in [1.54, 1.807) is 0 Å². The van der Waals surface area contributed by atoms with E-state index in [2.05, 4.69) is 68.1 Å². The molecule has 582 valence electrons. The first kappa shape index (κ1) is 82.2. The van der Waals surface area contributed by atoms with Crippen LogP contribution in [0, 0.1) is 5.92 Å². The van der Waals surface area contributed by atoms with Crippen molar-refractivity contribution in [1.82, 2.24) is 59.2 Å². The summed E-state index contributed by atoms with van der Waals surface area (Å²) >= 11 is 18.4. The van der Waals surface area contributed by atoms with Crippen molar-refractivity contribution in [2.75, 3.05) is 59.6 Å². The van der Waals surface area contributed by atoms with Crippen LogP contribution in [0.15, 0.2) is 18.6 Å². The second-order valence-electron chi connectivity index (χ2n) is 25.9. The van der Waals surface area contributed by atoms with Gasteiger partial charge in [-0.25, -0.2) is 30.9 Å². The van der Waals surface area contributed by atoms with E-state index in [-0.39, 0.29) is 56.7 Å². The molecule has 104 heavy (non-hydrogen) atoms. The second kappa shape index (κ2) is 33.9. The predicted molar refractivity (Wildman–Crippen MR) is 367 cm³/mol. The molecule has 0 aromatic carbocycles. The molecule has 6 aromatic heterocycles. The molecular weight excluding hydrogens is 1550 g/mol. The molecule has 3 aliphatic heterocycles. The van der Waals surface area contributed by atoms with Crippen LogP contribution in [-0.4, -0.2) is 275 Å². The van der Waals surface area contributed by atoms with E-state index in [1.807, 2.05) is 0 Å². The van der Waals surface area contributed by atoms with Gasteiger partial charge in [0.2, 0.25) is 15.9 Å². The Kier molecular flexibility index (Phi) is 26.8. The van der Waals surface area contributed by atoms with Crippen molar-refractivity contribution in [2.24, 2.45) is 5.92 Å². The fraction of sp³-hybridized carbons (Fsp3) is 0.727. The van der Waals surface area contributed by atoms with Crippen LogP contribution in [0.25, 0.3) is 33.1 Å². The Balaban J connectivity index is 0.000000168. The molecule has 16 N–H and O–H groups in total. The van der Waals surface area contributed by atoms with E-state index < -0.39 is 171 Å². The summed E-state index contributed by atoms with van der Waals surface area (Å²) in [5, 5.41) is 94.1. The van der Waals surface area contributed by atoms with Crippen LogP contribution < -0.4 is 16.0 Å². The first-order chi connectivity index (χ1) is 48.9. The normalized spacial score (nSPS) is 28.3. The smallest absolute Gasteiger partial charge is 0.369 e. The number of sulfone groups is 2. The number of nitrogens with zero attached hydrogens (tertiary/aromatic N) is 12. The van der Waals surface area contributed by atoms with E-state index in [9.17, 15) is 90.5 Å². The van der Waals surface area contributed by atoms with Crippen molar-refractivity contribution in [1.29, 1.82) is 0 Å². The summed E-state index contributed by atoms with van der Waals surface area (Å²) in [4.78, 5) is 81.6. The fourth-order valence-corrected chi connectivity index (χ4v) is 19.3. The zero-order valence-corrected chi connectivity index (χ0v) is 62.3. The van der Waals surface area contributed by atoms with Crippen LogP contribution in [0.2, 0.25) is 15.9 Å². The Morgan fingerprint density at radius 3 is 1.20 bits per heavy atom. The van der Waals surface area contributed by atoms with Gasteiger partial charge in [-0.3, -0.25) is 13.7 Å². The molecule has 49 heteroatoms. The highest BCUT2D eigenvalue weighted by Crippen LogP contribution is 2.47. The van der Waals surface area contributed by atoms with Crippen LogP contribution >= 0.6 is 57.6 Å². The lowest BCUT2D eigenvalue weighted by Gasteiger charge is -2.22. The Morgan fingerprint density at radius 2 is 0.875 bits per heavy atom. The van der Waals surface area contributed by atoms with Gasteiger partial charge in [0.25, 0.3) is 5.18 Å². The Hall–Kier alpha value is -4.25. The summed E-state index contributed by atoms with van der Waals surface area (Å²) in [6, 6.07) is 0.691. The number of anilines is 3. The molecule has 0 amide bonds. The fourth-order valence-electron chi connectivity index (χ4n) is 12.8. The third-order valence-electron chi connectivity index (χ3n) is 18.6. The van der Waals surface area contributed by atoms with Gasteiger partial charge in [-0.1, -0.05) is 52.9 Å². The number of aliphatic hydroxyl groups excluding tert-OH is 7. The van der Waals surface area contributed by atoms with E-state index in [0.29, 0.717) is 39.5 Å². The van der Waals surface area contributed by atoms with Crippen molar-refractivity contribution < 1.29 is 124 Å². The number of hydrogen-bond donors (Lipinski definition) is 16. The molecule has 0 spiro atoms. The zero-order chi connectivity index (χ0) is 75.7. The summed E-state index contributed by atoms with van der Waals surface area (Å²) in [6.45, 7) is 2.01. The highest BCUT2D eigenvalue weighted by molar-refractivity contribution is 7.98. The van der Waals surface area contributed by atoms with Gasteiger partial charge in [0, 0.05) is 23.9 Å². The minimum absolute atomic E-state index is 0.0299. The lowest BCUT2D eigenvalue weighted by molar-refractivity contribution is -0.0807. The number of hydrogen-bond acceptors (Lipinski definition) is 32. The first-order valence-electron chi connectivity index (χ1n) is 33.0. The molecule has 3 saturated carbocycles. The molecule has 41 nitrogen and oxygen atoms in total. The topological polar surface area (TPSA) is 605 Å². The molecule has 3 saturated heterocycles. The van der Waals surface area contributed by atoms with Gasteiger partial charge in [0.05, 0.1) is 72.7 Å². The zero-order valence-electron chi connectivity index (χ0n) is 55.7. The number of ether oxygens (including phenoxy) is 6. The Morgan fingerprint density at radius 1 is 0.510 bits per heavy atom. The van der Waals surface area contributed by atoms with E-state index in [4.69, 9.17) is 68.3 Å². The highest BCUT2D eigenvalue weighted by Gasteiger charge is 2.50. The minimum Gasteiger partial charge on any atom is -0.393 e. The molecule has 3 aliphatic carbocycles. The van der Waals surface area contributed by atoms with Gasteiger partial charge < -0.3 is 109 Å². The second-order valence-corrected chi connectivity index (χ2v) is 37.1. The number of rotatable bonds is 27. The van der Waals surface area contributed by atoms with E-state index >= 15 is 0 Å². The van der Waals surface area contributed by atoms with Gasteiger partial charge in [-0.05, 0) is 79.2 Å². The van der Waals surface area contributed by atoms with Crippen molar-refractivity contribution >= 4 is 128 Å². The standard InChI is InChI=1S/C19H29ClN5O9PS.C18H27ClN5O9PS.C18H27ClN5O8P/c1-2-36(31,32)9-13(35(28,29)30)33-8-12-14(26)15(27)18(34-12)25-17-11(7-21-25)16(23-19(20)24-17)22-10-5-3-4-6-10;1-2-35(30,31)18(34(27,28)29)32-8-11-12(25)13(26)16(33-11)24-15-10(7-20-24)14(22-17(19)23-15)21-9-5-3-4-6-9;1-8-3-2-4-10(8)21-15-9-5-20-24(16(9)23-18(19)22-15)17-14(27)13(26)11(32-17)7-31-12(6-25)33(28,29)30/h7,10,12-15,18,26-27H,2-6,8-9H2,1H3,(H,22,23,24)(H2,28,29,30);7,9,11-13,16,18,25-26H,2-6,8H2,1H3,(H,21,22,23)(H2,27,28,29);5,8,10-14,17,25-27H,2-4,6-7H2,1H3,(H,21,22,23)(H2,28,29,30)/t12-,13?,14-,15-,18-;11-,12-,13-,16-,18?;8?,10?,11-,12?,13-,14-,17-/m111/s1. The lowest BCUT2D eigenvalue weighted by atomic mass is 10.1. The van der Waals surface area contributed by atoms with E-state index in [0.717, 1.165) is 70.6 Å². The largest absolute Gasteiger partial charge is 0.393 e. The molecule has 0 radical (unpaired) electrons. The molecule has 5 unspecified atom stereocenters. The molecule has 9 heterocycles. The first-order valence-corrected chi connectivity index (χ1v) is 42.7. The number of aromatic nitrogens is 12. The third kappa shape index (κ3) is 19.1. The average Bonchev–Trinajstić information content (AvgIpc) is 1.63. The van der Waals surface area contributed by atoms with Crippen LogP contribution in [0.5, 0.6) is 0 Å². The maximum absolute atomic E-state index is 12.1. The molecular formula is C55H83Cl3N15O26P3S2. The van der Waals surface area contributed by atoms with Gasteiger partial charge in [-0.2, -0.15) is 45.2 Å². The maximum atomic E-state index is 12.1. The summed E-state index contributed by atoms with van der Waals surface area (Å²) in [7, 11) is -22.9. The summed E-state index contributed by atoms with van der Waals surface area (Å²) < 4.78 is 119. The molecule has 12 rings (SSSR count). The van der Waals surface area contributed by atoms with Gasteiger partial charge in [0.15, 0.2) is 67.0 Å². The number of aliphatic hydroxyl groups is 7. The maximum Gasteiger partial charge on any atom is 0.369 e. The number of halogens is 3. The van der Waals surface area contributed by atoms with Crippen LogP contribution in [0.3, 0.4) is 0 Å². The third-order valence-corrected chi connectivity index (χ3v) is 27.3. The van der Waals surface area contributed by atoms with E-state index in [1.165, 1.54) is 46.5 Å². The van der Waals surface area contributed by atoms with Gasteiger partial charge >= 0.3 is 22.8 Å². The average molecular weight is 1630 g/mol. The lowest BCUT2D eigenvalue weighted by Crippen LogP contribution is -2.36. The number of fused-ring (bicyclic) bond motifs is 3. The van der Waals surface area contributed by atoms with Crippen molar-refractivity contribution in [3.8, 4) is 0 Å². The van der Waals surface area contributed by atoms with Crippen LogP contribution in [0.4, 0.5) is 17.5 Å². The van der Waals surface area contributed by atoms with Gasteiger partial charge in [-0.15, -0.1) is 0 Å². The van der Waals surface area contributed by atoms with Crippen molar-refractivity contribution in [2.45, 2.75) is 200 Å². The van der Waals surface area contributed by atoms with Crippen molar-refractivity contribution in [3.05, 3.63) is 34.4 Å². The molecule has 6 aromatic rings. The Bertz CT molecular complexity index is 4350. The molecule has 6 fully saturated rings. The van der Waals surface area contributed by atoms with Crippen molar-refractivity contribution in [3.63, 3.8) is 0 Å². The molecule has 17 atom stereocenters. The summed E-state index contributed by atoms with van der Waals surface area (Å²) in [5.41, 5.74) is 0.754. The molecule has 6 aliphatic rings. The minimum atomic E-state index is -5.19. The summed E-state index contributed by atoms with van der Waals surface area (Å²) in [6.07, 6.45) is -0.340. The van der Waals surface area contributed by atoms with Crippen LogP contribution in [-0.2, 0) is 61.8 Å². The summed E-state index contributed by atoms with van der Waals surface area (Å²) in [5.74, 6) is -3.59.